The standard InChI is InChI=1S/C22H30F2N4O3/c1-11(2)28-16(19-12-5-14(19)17(6-12)30-10-22(3,4)29)8-15(27-28)13-7-18(31-21(23)24)20(25)26-9-13/h7-9,11-12,14,17,19,21,29H,5-6,10H2,1-4H3,(H2,25,26)/t12-,14+,17-,19-/m0/s1. The first-order valence-electron chi connectivity index (χ1n) is 10.7. The van der Waals surface area contributed by atoms with Gasteiger partial charge in [-0.25, -0.2) is 4.98 Å². The largest absolute Gasteiger partial charge is 0.431 e. The van der Waals surface area contributed by atoms with Gasteiger partial charge in [-0.1, -0.05) is 0 Å². The number of fused-ring (bicyclic) bond motifs is 1. The molecule has 3 fully saturated rings. The summed E-state index contributed by atoms with van der Waals surface area (Å²) in [6.45, 7) is 4.96. The van der Waals surface area contributed by atoms with Crippen LogP contribution in [0.2, 0.25) is 0 Å². The Bertz CT molecular complexity index is 941. The van der Waals surface area contributed by atoms with Crippen molar-refractivity contribution in [2.75, 3.05) is 12.3 Å². The van der Waals surface area contributed by atoms with Crippen molar-refractivity contribution in [1.82, 2.24) is 14.8 Å². The number of anilines is 1. The van der Waals surface area contributed by atoms with E-state index in [2.05, 4.69) is 23.6 Å². The van der Waals surface area contributed by atoms with Crippen molar-refractivity contribution in [2.45, 2.75) is 70.8 Å². The highest BCUT2D eigenvalue weighted by Crippen LogP contribution is 2.60. The molecule has 9 heteroatoms. The number of ether oxygens (including phenoxy) is 2. The van der Waals surface area contributed by atoms with Gasteiger partial charge in [0, 0.05) is 29.4 Å². The summed E-state index contributed by atoms with van der Waals surface area (Å²) in [7, 11) is 0. The Labute approximate surface area is 180 Å². The molecule has 0 spiro atoms. The summed E-state index contributed by atoms with van der Waals surface area (Å²) in [5.41, 5.74) is 7.16. The van der Waals surface area contributed by atoms with Gasteiger partial charge in [0.1, 0.15) is 0 Å². The number of pyridine rings is 1. The second kappa shape index (κ2) is 8.02. The van der Waals surface area contributed by atoms with Crippen LogP contribution in [0.3, 0.4) is 0 Å². The van der Waals surface area contributed by atoms with E-state index in [1.54, 1.807) is 13.8 Å². The second-order valence-electron chi connectivity index (χ2n) is 9.56. The Hall–Kier alpha value is -2.26. The van der Waals surface area contributed by atoms with Crippen molar-refractivity contribution in [1.29, 1.82) is 0 Å². The van der Waals surface area contributed by atoms with Crippen LogP contribution in [0.1, 0.15) is 58.2 Å². The van der Waals surface area contributed by atoms with Crippen LogP contribution in [0.4, 0.5) is 14.6 Å². The number of nitrogen functional groups attached to an aromatic ring is 1. The fourth-order valence-corrected chi connectivity index (χ4v) is 4.86. The molecule has 0 aliphatic heterocycles. The fraction of sp³-hybridized carbons (Fsp3) is 0.636. The van der Waals surface area contributed by atoms with Gasteiger partial charge in [0.25, 0.3) is 0 Å². The van der Waals surface area contributed by atoms with Crippen LogP contribution in [-0.4, -0.2) is 44.8 Å². The number of aromatic nitrogens is 3. The lowest BCUT2D eigenvalue weighted by molar-refractivity contribution is -0.0626. The van der Waals surface area contributed by atoms with E-state index in [4.69, 9.17) is 15.6 Å². The Morgan fingerprint density at radius 1 is 1.29 bits per heavy atom. The molecule has 7 nitrogen and oxygen atoms in total. The fourth-order valence-electron chi connectivity index (χ4n) is 4.86. The Morgan fingerprint density at radius 2 is 2.03 bits per heavy atom. The van der Waals surface area contributed by atoms with E-state index < -0.39 is 12.2 Å². The monoisotopic (exact) mass is 436 g/mol. The number of hydrogen-bond acceptors (Lipinski definition) is 6. The van der Waals surface area contributed by atoms with Crippen molar-refractivity contribution < 1.29 is 23.4 Å². The number of nitrogens with two attached hydrogens (primary N) is 1. The maximum absolute atomic E-state index is 12.7. The first-order chi connectivity index (χ1) is 14.5. The van der Waals surface area contributed by atoms with Crippen molar-refractivity contribution in [3.8, 4) is 17.0 Å². The molecule has 0 aromatic carbocycles. The van der Waals surface area contributed by atoms with Crippen LogP contribution >= 0.6 is 0 Å². The summed E-state index contributed by atoms with van der Waals surface area (Å²) in [5.74, 6) is 0.986. The molecular weight excluding hydrogens is 406 g/mol. The van der Waals surface area contributed by atoms with Gasteiger partial charge in [-0.2, -0.15) is 13.9 Å². The molecule has 3 aliphatic rings. The highest BCUT2D eigenvalue weighted by molar-refractivity contribution is 5.64. The number of rotatable bonds is 8. The minimum atomic E-state index is -2.98. The summed E-state index contributed by atoms with van der Waals surface area (Å²) in [4.78, 5) is 4.00. The smallest absolute Gasteiger partial charge is 0.387 e. The van der Waals surface area contributed by atoms with Gasteiger partial charge in [0.15, 0.2) is 11.6 Å². The molecular formula is C22H30F2N4O3. The molecule has 2 heterocycles. The molecule has 5 rings (SSSR count). The van der Waals surface area contributed by atoms with Crippen molar-refractivity contribution in [2.24, 2.45) is 11.8 Å². The first-order valence-corrected chi connectivity index (χ1v) is 10.7. The average molecular weight is 437 g/mol. The quantitative estimate of drug-likeness (QED) is 0.650. The van der Waals surface area contributed by atoms with E-state index in [9.17, 15) is 13.9 Å². The van der Waals surface area contributed by atoms with E-state index in [0.29, 0.717) is 35.6 Å². The molecule has 0 radical (unpaired) electrons. The van der Waals surface area contributed by atoms with E-state index in [-0.39, 0.29) is 23.7 Å². The zero-order valence-corrected chi connectivity index (χ0v) is 18.3. The van der Waals surface area contributed by atoms with Crippen molar-refractivity contribution in [3.05, 3.63) is 24.0 Å². The predicted molar refractivity (Wildman–Crippen MR) is 112 cm³/mol. The number of hydrogen-bond donors (Lipinski definition) is 2. The molecule has 0 unspecified atom stereocenters. The summed E-state index contributed by atoms with van der Waals surface area (Å²) in [5, 5.41) is 14.7. The third kappa shape index (κ3) is 4.39. The zero-order chi connectivity index (χ0) is 22.5. The van der Waals surface area contributed by atoms with Gasteiger partial charge in [-0.15, -0.1) is 0 Å². The lowest BCUT2D eigenvalue weighted by Crippen LogP contribution is -2.34. The SMILES string of the molecule is CC(C)n1nc(-c2cnc(N)c(OC(F)F)c2)cc1[C@H]1[C@H]2C[C@@H]1[C@@H](OCC(C)(C)O)C2. The molecule has 31 heavy (non-hydrogen) atoms. The van der Waals surface area contributed by atoms with Gasteiger partial charge in [-0.05, 0) is 64.5 Å². The van der Waals surface area contributed by atoms with E-state index in [0.717, 1.165) is 18.5 Å². The highest BCUT2D eigenvalue weighted by Gasteiger charge is 2.55. The molecule has 170 valence electrons. The van der Waals surface area contributed by atoms with E-state index >= 15 is 0 Å². The summed E-state index contributed by atoms with van der Waals surface area (Å²) in [6, 6.07) is 3.61. The summed E-state index contributed by atoms with van der Waals surface area (Å²) >= 11 is 0. The molecule has 3 saturated carbocycles. The Balaban J connectivity index is 1.60. The topological polar surface area (TPSA) is 95.4 Å². The molecule has 3 N–H and O–H groups in total. The minimum Gasteiger partial charge on any atom is -0.431 e. The first kappa shape index (κ1) is 22.0. The van der Waals surface area contributed by atoms with Crippen molar-refractivity contribution in [3.63, 3.8) is 0 Å². The highest BCUT2D eigenvalue weighted by atomic mass is 19.3. The zero-order valence-electron chi connectivity index (χ0n) is 18.3. The molecule has 2 aromatic rings. The number of nitrogens with zero attached hydrogens (tertiary/aromatic N) is 3. The van der Waals surface area contributed by atoms with Crippen LogP contribution < -0.4 is 10.5 Å². The molecule has 2 bridgehead atoms. The van der Waals surface area contributed by atoms with Gasteiger partial charge >= 0.3 is 6.61 Å². The normalized spacial score (nSPS) is 25.3. The maximum Gasteiger partial charge on any atom is 0.387 e. The van der Waals surface area contributed by atoms with Gasteiger partial charge in [0.2, 0.25) is 0 Å². The van der Waals surface area contributed by atoms with Crippen LogP contribution in [0.5, 0.6) is 5.75 Å². The van der Waals surface area contributed by atoms with Gasteiger partial charge in [-0.3, -0.25) is 4.68 Å². The molecule has 3 aliphatic carbocycles. The second-order valence-corrected chi connectivity index (χ2v) is 9.56. The van der Waals surface area contributed by atoms with Gasteiger partial charge < -0.3 is 20.3 Å². The molecule has 0 amide bonds. The van der Waals surface area contributed by atoms with Crippen molar-refractivity contribution >= 4 is 5.82 Å². The predicted octanol–water partition coefficient (Wildman–Crippen LogP) is 3.99. The average Bonchev–Trinajstić information content (AvgIpc) is 3.33. The number of alkyl halides is 2. The lowest BCUT2D eigenvalue weighted by atomic mass is 9.70. The molecule has 2 aromatic heterocycles. The lowest BCUT2D eigenvalue weighted by Gasteiger charge is -2.37. The van der Waals surface area contributed by atoms with Crippen LogP contribution in [0.15, 0.2) is 18.3 Å². The Morgan fingerprint density at radius 3 is 2.68 bits per heavy atom. The van der Waals surface area contributed by atoms with Crippen LogP contribution in [-0.2, 0) is 4.74 Å². The number of halogens is 2. The van der Waals surface area contributed by atoms with Gasteiger partial charge in [0.05, 0.1) is 24.0 Å². The maximum atomic E-state index is 12.7. The van der Waals surface area contributed by atoms with E-state index in [1.807, 2.05) is 10.7 Å². The molecule has 4 atom stereocenters. The summed E-state index contributed by atoms with van der Waals surface area (Å²) < 4.78 is 37.9. The third-order valence-electron chi connectivity index (χ3n) is 6.20. The molecule has 0 saturated heterocycles. The Kier molecular flexibility index (Phi) is 5.68. The van der Waals surface area contributed by atoms with Crippen LogP contribution in [0, 0.1) is 11.8 Å². The minimum absolute atomic E-state index is 0.0867. The van der Waals surface area contributed by atoms with E-state index in [1.165, 1.54) is 12.3 Å². The third-order valence-corrected chi connectivity index (χ3v) is 6.20. The van der Waals surface area contributed by atoms with Crippen LogP contribution in [0.25, 0.3) is 11.3 Å². The number of aliphatic hydroxyl groups is 1. The summed E-state index contributed by atoms with van der Waals surface area (Å²) in [6.07, 6.45) is 3.73.